The van der Waals surface area contributed by atoms with Crippen molar-refractivity contribution < 1.29 is 14.5 Å². The van der Waals surface area contributed by atoms with Gasteiger partial charge in [-0.05, 0) is 30.5 Å². The number of hydrogen-bond acceptors (Lipinski definition) is 6. The number of morpholine rings is 1. The van der Waals surface area contributed by atoms with Gasteiger partial charge < -0.3 is 15.0 Å². The van der Waals surface area contributed by atoms with Gasteiger partial charge in [0, 0.05) is 44.4 Å². The Morgan fingerprint density at radius 3 is 2.45 bits per heavy atom. The molecular formula is C23H28N4O4. The lowest BCUT2D eigenvalue weighted by Gasteiger charge is -2.35. The molecular weight excluding hydrogens is 396 g/mol. The van der Waals surface area contributed by atoms with E-state index in [0.717, 1.165) is 44.6 Å². The summed E-state index contributed by atoms with van der Waals surface area (Å²) in [6.45, 7) is 4.97. The number of nitrogens with one attached hydrogen (secondary N) is 1. The van der Waals surface area contributed by atoms with Crippen LogP contribution in [0.1, 0.15) is 34.8 Å². The monoisotopic (exact) mass is 424 g/mol. The van der Waals surface area contributed by atoms with Gasteiger partial charge in [-0.3, -0.25) is 19.8 Å². The zero-order chi connectivity index (χ0) is 21.6. The molecule has 0 aliphatic carbocycles. The highest BCUT2D eigenvalue weighted by molar-refractivity contribution is 5.95. The minimum absolute atomic E-state index is 0.0117. The van der Waals surface area contributed by atoms with E-state index in [-0.39, 0.29) is 17.6 Å². The molecule has 2 aromatic rings. The van der Waals surface area contributed by atoms with Crippen LogP contribution >= 0.6 is 0 Å². The lowest BCUT2D eigenvalue weighted by Crippen LogP contribution is -2.43. The van der Waals surface area contributed by atoms with E-state index >= 15 is 0 Å². The van der Waals surface area contributed by atoms with Crippen LogP contribution in [0.4, 0.5) is 11.4 Å². The van der Waals surface area contributed by atoms with Gasteiger partial charge in [-0.2, -0.15) is 0 Å². The molecule has 8 nitrogen and oxygen atoms in total. The molecule has 2 aliphatic rings. The van der Waals surface area contributed by atoms with Crippen molar-refractivity contribution in [2.75, 3.05) is 50.8 Å². The Kier molecular flexibility index (Phi) is 6.79. The third-order valence-corrected chi connectivity index (χ3v) is 6.01. The first-order valence-corrected chi connectivity index (χ1v) is 10.8. The summed E-state index contributed by atoms with van der Waals surface area (Å²) in [5, 5.41) is 14.6. The molecule has 1 amide bonds. The maximum atomic E-state index is 12.9. The Balaban J connectivity index is 1.49. The van der Waals surface area contributed by atoms with Gasteiger partial charge in [-0.15, -0.1) is 0 Å². The molecule has 2 saturated heterocycles. The molecule has 0 aromatic heterocycles. The Labute approximate surface area is 181 Å². The van der Waals surface area contributed by atoms with E-state index in [9.17, 15) is 14.9 Å². The quantitative estimate of drug-likeness (QED) is 0.543. The molecule has 8 heteroatoms. The van der Waals surface area contributed by atoms with Gasteiger partial charge in [-0.1, -0.05) is 30.3 Å². The molecule has 1 atom stereocenters. The van der Waals surface area contributed by atoms with Crippen molar-refractivity contribution >= 4 is 17.3 Å². The summed E-state index contributed by atoms with van der Waals surface area (Å²) in [6, 6.07) is 14.9. The molecule has 1 N–H and O–H groups in total. The Bertz CT molecular complexity index is 909. The fourth-order valence-electron chi connectivity index (χ4n) is 4.35. The second-order valence-electron chi connectivity index (χ2n) is 7.94. The molecule has 4 rings (SSSR count). The van der Waals surface area contributed by atoms with Crippen LogP contribution in [-0.4, -0.2) is 61.7 Å². The summed E-state index contributed by atoms with van der Waals surface area (Å²) >= 11 is 0. The maximum absolute atomic E-state index is 12.9. The van der Waals surface area contributed by atoms with Crippen LogP contribution in [-0.2, 0) is 4.74 Å². The number of carbonyl (C=O) groups excluding carboxylic acids is 1. The van der Waals surface area contributed by atoms with Gasteiger partial charge in [0.05, 0.1) is 24.2 Å². The maximum Gasteiger partial charge on any atom is 0.293 e. The van der Waals surface area contributed by atoms with Crippen molar-refractivity contribution in [2.24, 2.45) is 0 Å². The first-order valence-electron chi connectivity index (χ1n) is 10.8. The summed E-state index contributed by atoms with van der Waals surface area (Å²) in [7, 11) is 0. The first kappa shape index (κ1) is 21.3. The molecule has 0 saturated carbocycles. The number of carbonyl (C=O) groups is 1. The van der Waals surface area contributed by atoms with E-state index in [0.29, 0.717) is 31.0 Å². The number of nitro benzene ring substituents is 1. The molecule has 2 heterocycles. The molecule has 2 aromatic carbocycles. The molecule has 31 heavy (non-hydrogen) atoms. The van der Waals surface area contributed by atoms with Gasteiger partial charge in [0.2, 0.25) is 0 Å². The van der Waals surface area contributed by atoms with Crippen molar-refractivity contribution in [3.8, 4) is 0 Å². The van der Waals surface area contributed by atoms with Crippen LogP contribution in [0.25, 0.3) is 0 Å². The lowest BCUT2D eigenvalue weighted by molar-refractivity contribution is -0.384. The van der Waals surface area contributed by atoms with Gasteiger partial charge in [0.1, 0.15) is 5.69 Å². The van der Waals surface area contributed by atoms with Crippen LogP contribution < -0.4 is 10.2 Å². The number of amides is 1. The topological polar surface area (TPSA) is 88.0 Å². The second-order valence-corrected chi connectivity index (χ2v) is 7.94. The van der Waals surface area contributed by atoms with Crippen molar-refractivity contribution in [3.63, 3.8) is 0 Å². The molecule has 164 valence electrons. The van der Waals surface area contributed by atoms with Crippen LogP contribution in [0.2, 0.25) is 0 Å². The fourth-order valence-corrected chi connectivity index (χ4v) is 4.35. The highest BCUT2D eigenvalue weighted by Gasteiger charge is 2.26. The van der Waals surface area contributed by atoms with Crippen LogP contribution in [0.15, 0.2) is 48.5 Å². The summed E-state index contributed by atoms with van der Waals surface area (Å²) in [6.07, 6.45) is 2.06. The van der Waals surface area contributed by atoms with Crippen LogP contribution in [0, 0.1) is 10.1 Å². The Hall–Kier alpha value is -2.97. The van der Waals surface area contributed by atoms with Crippen LogP contribution in [0.5, 0.6) is 0 Å². The highest BCUT2D eigenvalue weighted by atomic mass is 16.6. The number of rotatable bonds is 7. The number of benzene rings is 2. The van der Waals surface area contributed by atoms with E-state index in [2.05, 4.69) is 22.3 Å². The number of nitro groups is 1. The highest BCUT2D eigenvalue weighted by Crippen LogP contribution is 2.31. The minimum Gasteiger partial charge on any atom is -0.379 e. The van der Waals surface area contributed by atoms with Gasteiger partial charge in [0.15, 0.2) is 0 Å². The van der Waals surface area contributed by atoms with E-state index in [1.54, 1.807) is 12.1 Å². The van der Waals surface area contributed by atoms with Crippen molar-refractivity contribution in [3.05, 3.63) is 69.8 Å². The summed E-state index contributed by atoms with van der Waals surface area (Å²) in [5.74, 6) is -0.301. The molecule has 1 unspecified atom stereocenters. The van der Waals surface area contributed by atoms with E-state index in [1.165, 1.54) is 6.07 Å². The second kappa shape index (κ2) is 9.89. The number of nitrogens with zero attached hydrogens (tertiary/aromatic N) is 3. The minimum atomic E-state index is -0.398. The van der Waals surface area contributed by atoms with Gasteiger partial charge >= 0.3 is 0 Å². The van der Waals surface area contributed by atoms with E-state index in [4.69, 9.17) is 4.74 Å². The van der Waals surface area contributed by atoms with E-state index < -0.39 is 4.92 Å². The molecule has 2 aliphatic heterocycles. The SMILES string of the molecule is O=C(NCC(c1ccccc1)N1CCOCC1)c1ccc(N2CCCC2)c([N+](=O)[O-])c1. The largest absolute Gasteiger partial charge is 0.379 e. The molecule has 0 spiro atoms. The summed E-state index contributed by atoms with van der Waals surface area (Å²) in [5.41, 5.74) is 2.01. The molecule has 0 bridgehead atoms. The predicted octanol–water partition coefficient (Wildman–Crippen LogP) is 3.00. The average molecular weight is 425 g/mol. The van der Waals surface area contributed by atoms with E-state index in [1.807, 2.05) is 23.1 Å². The van der Waals surface area contributed by atoms with Crippen molar-refractivity contribution in [1.29, 1.82) is 0 Å². The third-order valence-electron chi connectivity index (χ3n) is 6.01. The smallest absolute Gasteiger partial charge is 0.293 e. The number of ether oxygens (including phenoxy) is 1. The zero-order valence-corrected chi connectivity index (χ0v) is 17.5. The van der Waals surface area contributed by atoms with Gasteiger partial charge in [-0.25, -0.2) is 0 Å². The summed E-state index contributed by atoms with van der Waals surface area (Å²) < 4.78 is 5.47. The van der Waals surface area contributed by atoms with Crippen molar-refractivity contribution in [2.45, 2.75) is 18.9 Å². The fraction of sp³-hybridized carbons (Fsp3) is 0.435. The number of anilines is 1. The zero-order valence-electron chi connectivity index (χ0n) is 17.5. The molecule has 0 radical (unpaired) electrons. The summed E-state index contributed by atoms with van der Waals surface area (Å²) in [4.78, 5) is 28.4. The normalized spacial score (nSPS) is 18.0. The third kappa shape index (κ3) is 5.03. The Morgan fingerprint density at radius 1 is 1.06 bits per heavy atom. The van der Waals surface area contributed by atoms with Gasteiger partial charge in [0.25, 0.3) is 11.6 Å². The average Bonchev–Trinajstić information content (AvgIpc) is 3.35. The Morgan fingerprint density at radius 2 is 1.77 bits per heavy atom. The number of hydrogen-bond donors (Lipinski definition) is 1. The lowest BCUT2D eigenvalue weighted by atomic mass is 10.0. The van der Waals surface area contributed by atoms with Crippen molar-refractivity contribution in [1.82, 2.24) is 10.2 Å². The first-order chi connectivity index (χ1) is 15.1. The standard InChI is InChI=1S/C23H28N4O4/c28-23(19-8-9-20(21(16-19)27(29)30)25-10-4-5-11-25)24-17-22(18-6-2-1-3-7-18)26-12-14-31-15-13-26/h1-3,6-9,16,22H,4-5,10-15,17H2,(H,24,28). The molecule has 2 fully saturated rings. The van der Waals surface area contributed by atoms with Crippen LogP contribution in [0.3, 0.4) is 0 Å². The predicted molar refractivity (Wildman–Crippen MR) is 118 cm³/mol.